The van der Waals surface area contributed by atoms with Crippen LogP contribution >= 0.6 is 0 Å². The lowest BCUT2D eigenvalue weighted by Gasteiger charge is -2.30. The number of likely N-dealkylation sites (tertiary alicyclic amines) is 1. The van der Waals surface area contributed by atoms with E-state index in [4.69, 9.17) is 10.4 Å². The van der Waals surface area contributed by atoms with Gasteiger partial charge < -0.3 is 20.6 Å². The Morgan fingerprint density at radius 1 is 1.32 bits per heavy atom. The van der Waals surface area contributed by atoms with Gasteiger partial charge in [0.15, 0.2) is 0 Å². The number of hydrogen-bond acceptors (Lipinski definition) is 6. The predicted molar refractivity (Wildman–Crippen MR) is 100 cm³/mol. The van der Waals surface area contributed by atoms with Gasteiger partial charge in [-0.3, -0.25) is 0 Å². The van der Waals surface area contributed by atoms with Gasteiger partial charge in [0.25, 0.3) is 0 Å². The Hall–Kier alpha value is -3.25. The number of rotatable bonds is 6. The van der Waals surface area contributed by atoms with Gasteiger partial charge in [0.1, 0.15) is 18.0 Å². The molecule has 2 heterocycles. The van der Waals surface area contributed by atoms with E-state index in [9.17, 15) is 9.18 Å². The van der Waals surface area contributed by atoms with Crippen molar-refractivity contribution in [1.82, 2.24) is 20.2 Å². The van der Waals surface area contributed by atoms with Crippen LogP contribution in [0.4, 0.5) is 20.7 Å². The summed E-state index contributed by atoms with van der Waals surface area (Å²) < 4.78 is 14.0. The van der Waals surface area contributed by atoms with Gasteiger partial charge in [0.2, 0.25) is 0 Å². The summed E-state index contributed by atoms with van der Waals surface area (Å²) in [6, 6.07) is 7.82. The molecule has 0 radical (unpaired) electrons. The number of anilines is 2. The molecular formula is C19H21FN6O2. The van der Waals surface area contributed by atoms with E-state index in [-0.39, 0.29) is 11.3 Å². The number of amides is 1. The number of nitrogens with one attached hydrogen (secondary N) is 2. The van der Waals surface area contributed by atoms with E-state index in [1.165, 1.54) is 29.4 Å². The molecule has 3 rings (SSSR count). The number of aromatic nitrogens is 2. The lowest BCUT2D eigenvalue weighted by Crippen LogP contribution is -2.39. The van der Waals surface area contributed by atoms with Crippen molar-refractivity contribution in [3.8, 4) is 6.07 Å². The van der Waals surface area contributed by atoms with Crippen LogP contribution in [0.5, 0.6) is 0 Å². The number of nitrogens with zero attached hydrogens (tertiary/aromatic N) is 4. The number of carboxylic acid groups (broad SMARTS) is 1. The maximum absolute atomic E-state index is 14.0. The van der Waals surface area contributed by atoms with Gasteiger partial charge in [0, 0.05) is 25.7 Å². The molecule has 0 unspecified atom stereocenters. The lowest BCUT2D eigenvalue weighted by atomic mass is 9.97. The predicted octanol–water partition coefficient (Wildman–Crippen LogP) is 2.71. The Morgan fingerprint density at radius 2 is 2.11 bits per heavy atom. The van der Waals surface area contributed by atoms with Crippen LogP contribution in [0.1, 0.15) is 24.1 Å². The van der Waals surface area contributed by atoms with Gasteiger partial charge in [-0.05, 0) is 43.5 Å². The first-order valence-electron chi connectivity index (χ1n) is 9.01. The first kappa shape index (κ1) is 19.5. The fraction of sp³-hybridized carbons (Fsp3) is 0.368. The summed E-state index contributed by atoms with van der Waals surface area (Å²) in [6.45, 7) is 2.45. The average molecular weight is 384 g/mol. The summed E-state index contributed by atoms with van der Waals surface area (Å²) in [5.74, 6) is 0.373. The molecular weight excluding hydrogens is 363 g/mol. The summed E-state index contributed by atoms with van der Waals surface area (Å²) in [5.41, 5.74) is 1.25. The minimum Gasteiger partial charge on any atom is -0.465 e. The number of hydrogen-bond donors (Lipinski definition) is 3. The highest BCUT2D eigenvalue weighted by atomic mass is 19.1. The minimum atomic E-state index is -0.855. The van der Waals surface area contributed by atoms with Crippen LogP contribution in [0.15, 0.2) is 30.6 Å². The molecule has 1 amide bonds. The molecule has 3 N–H and O–H groups in total. The molecule has 0 bridgehead atoms. The largest absolute Gasteiger partial charge is 0.465 e. The quantitative estimate of drug-likeness (QED) is 0.701. The van der Waals surface area contributed by atoms with Crippen LogP contribution in [-0.4, -0.2) is 45.7 Å². The molecule has 9 heteroatoms. The zero-order valence-electron chi connectivity index (χ0n) is 15.2. The molecule has 1 saturated heterocycles. The Balaban J connectivity index is 1.50. The molecule has 0 saturated carbocycles. The van der Waals surface area contributed by atoms with Gasteiger partial charge in [-0.25, -0.2) is 19.2 Å². The highest BCUT2D eigenvalue weighted by molar-refractivity contribution is 5.65. The fourth-order valence-electron chi connectivity index (χ4n) is 3.12. The standard InChI is InChI=1S/C19H21FN6O2/c20-16-7-14(9-21)1-2-17(16)25-18-8-15(23-12-24-18)11-22-10-13-3-5-26(6-4-13)19(27)28/h1-2,7-8,12-13,22H,3-6,10-11H2,(H,27,28)(H,23,24,25). The summed E-state index contributed by atoms with van der Waals surface area (Å²) in [4.78, 5) is 20.7. The van der Waals surface area contributed by atoms with Crippen molar-refractivity contribution in [2.45, 2.75) is 19.4 Å². The summed E-state index contributed by atoms with van der Waals surface area (Å²) in [5, 5.41) is 24.0. The molecule has 1 aromatic heterocycles. The molecule has 0 aliphatic carbocycles. The Labute approximate surface area is 162 Å². The van der Waals surface area contributed by atoms with Crippen LogP contribution in [0.3, 0.4) is 0 Å². The third-order valence-electron chi connectivity index (χ3n) is 4.71. The van der Waals surface area contributed by atoms with Crippen LogP contribution in [0.2, 0.25) is 0 Å². The van der Waals surface area contributed by atoms with Crippen LogP contribution < -0.4 is 10.6 Å². The zero-order chi connectivity index (χ0) is 19.9. The number of benzene rings is 1. The third kappa shape index (κ3) is 5.14. The molecule has 1 aromatic carbocycles. The van der Waals surface area contributed by atoms with Crippen molar-refractivity contribution >= 4 is 17.6 Å². The second-order valence-electron chi connectivity index (χ2n) is 6.67. The van der Waals surface area contributed by atoms with Gasteiger partial charge in [0.05, 0.1) is 23.0 Å². The molecule has 1 aliphatic rings. The Kier molecular flexibility index (Phi) is 6.34. The van der Waals surface area contributed by atoms with Gasteiger partial charge in [-0.15, -0.1) is 0 Å². The van der Waals surface area contributed by atoms with Crippen molar-refractivity contribution in [3.63, 3.8) is 0 Å². The number of halogens is 1. The fourth-order valence-corrected chi connectivity index (χ4v) is 3.12. The highest BCUT2D eigenvalue weighted by Crippen LogP contribution is 2.20. The number of carbonyl (C=O) groups is 1. The van der Waals surface area contributed by atoms with Crippen molar-refractivity contribution in [3.05, 3.63) is 47.7 Å². The average Bonchev–Trinajstić information content (AvgIpc) is 2.70. The maximum atomic E-state index is 14.0. The molecule has 1 aliphatic heterocycles. The molecule has 0 atom stereocenters. The second-order valence-corrected chi connectivity index (χ2v) is 6.67. The zero-order valence-corrected chi connectivity index (χ0v) is 15.2. The van der Waals surface area contributed by atoms with Crippen LogP contribution in [0.25, 0.3) is 0 Å². The van der Waals surface area contributed by atoms with E-state index in [1.807, 2.05) is 6.07 Å². The van der Waals surface area contributed by atoms with E-state index >= 15 is 0 Å². The normalized spacial score (nSPS) is 14.5. The highest BCUT2D eigenvalue weighted by Gasteiger charge is 2.21. The summed E-state index contributed by atoms with van der Waals surface area (Å²) in [6.07, 6.45) is 2.24. The second kappa shape index (κ2) is 9.10. The maximum Gasteiger partial charge on any atom is 0.407 e. The monoisotopic (exact) mass is 384 g/mol. The van der Waals surface area contributed by atoms with E-state index in [1.54, 1.807) is 6.07 Å². The SMILES string of the molecule is N#Cc1ccc(Nc2cc(CNCC3CCN(C(=O)O)CC3)ncn2)c(F)c1. The smallest absolute Gasteiger partial charge is 0.407 e. The van der Waals surface area contributed by atoms with Crippen molar-refractivity contribution in [1.29, 1.82) is 5.26 Å². The number of nitriles is 1. The van der Waals surface area contributed by atoms with Crippen LogP contribution in [0, 0.1) is 23.1 Å². The van der Waals surface area contributed by atoms with Crippen molar-refractivity contribution < 1.29 is 14.3 Å². The third-order valence-corrected chi connectivity index (χ3v) is 4.71. The van der Waals surface area contributed by atoms with Crippen LogP contribution in [-0.2, 0) is 6.54 Å². The molecule has 1 fully saturated rings. The van der Waals surface area contributed by atoms with Crippen molar-refractivity contribution in [2.75, 3.05) is 25.0 Å². The molecule has 28 heavy (non-hydrogen) atoms. The van der Waals surface area contributed by atoms with E-state index in [0.717, 1.165) is 25.1 Å². The molecule has 146 valence electrons. The topological polar surface area (TPSA) is 114 Å². The van der Waals surface area contributed by atoms with E-state index in [2.05, 4.69) is 20.6 Å². The molecule has 0 spiro atoms. The first-order valence-corrected chi connectivity index (χ1v) is 9.01. The number of piperidine rings is 1. The van der Waals surface area contributed by atoms with Crippen molar-refractivity contribution in [2.24, 2.45) is 5.92 Å². The Morgan fingerprint density at radius 3 is 2.79 bits per heavy atom. The molecule has 2 aromatic rings. The van der Waals surface area contributed by atoms with E-state index in [0.29, 0.717) is 31.4 Å². The molecule has 8 nitrogen and oxygen atoms in total. The summed E-state index contributed by atoms with van der Waals surface area (Å²) in [7, 11) is 0. The summed E-state index contributed by atoms with van der Waals surface area (Å²) >= 11 is 0. The van der Waals surface area contributed by atoms with Gasteiger partial charge in [-0.2, -0.15) is 5.26 Å². The lowest BCUT2D eigenvalue weighted by molar-refractivity contribution is 0.124. The Bertz CT molecular complexity index is 877. The van der Waals surface area contributed by atoms with E-state index < -0.39 is 11.9 Å². The minimum absolute atomic E-state index is 0.238. The van der Waals surface area contributed by atoms with Gasteiger partial charge in [-0.1, -0.05) is 0 Å². The van der Waals surface area contributed by atoms with Gasteiger partial charge >= 0.3 is 6.09 Å². The first-order chi connectivity index (χ1) is 13.5.